The minimum absolute atomic E-state index is 0.0841. The summed E-state index contributed by atoms with van der Waals surface area (Å²) >= 11 is 0. The second kappa shape index (κ2) is 6.91. The molecule has 1 N–H and O–H groups in total. The van der Waals surface area contributed by atoms with Crippen molar-refractivity contribution in [2.75, 3.05) is 6.61 Å². The van der Waals surface area contributed by atoms with E-state index >= 15 is 0 Å². The summed E-state index contributed by atoms with van der Waals surface area (Å²) in [6.07, 6.45) is 10.6. The first-order valence-corrected chi connectivity index (χ1v) is 12.7. The Morgan fingerprint density at radius 3 is 2.58 bits per heavy atom. The molecule has 33 heavy (non-hydrogen) atoms. The van der Waals surface area contributed by atoms with E-state index in [4.69, 9.17) is 9.47 Å². The van der Waals surface area contributed by atoms with Gasteiger partial charge in [-0.3, -0.25) is 4.79 Å². The van der Waals surface area contributed by atoms with E-state index in [1.54, 1.807) is 0 Å². The second-order valence-corrected chi connectivity index (χ2v) is 12.1. The molecular formula is C28H36O5. The number of hydrogen-bond acceptors (Lipinski definition) is 5. The predicted octanol–water partition coefficient (Wildman–Crippen LogP) is 4.16. The third-order valence-electron chi connectivity index (χ3n) is 11.1. The third kappa shape index (κ3) is 2.67. The van der Waals surface area contributed by atoms with Crippen molar-refractivity contribution in [1.29, 1.82) is 0 Å². The van der Waals surface area contributed by atoms with E-state index < -0.39 is 17.1 Å². The Kier molecular flexibility index (Phi) is 4.56. The molecule has 10 atom stereocenters. The van der Waals surface area contributed by atoms with Gasteiger partial charge in [0.05, 0.1) is 23.7 Å². The van der Waals surface area contributed by atoms with Crippen LogP contribution in [0.1, 0.15) is 59.3 Å². The summed E-state index contributed by atoms with van der Waals surface area (Å²) in [6.45, 7) is 10.8. The standard InChI is InChI=1S/C28H36O5/c1-15-25(31)33-22-13-26(15,2)32-14-18(22)20-11-10-19-17-9-8-16-6-5-7-23(29)27(16,3)21(17)12-24(30)28(19,20)4/h5-6,8,17-22,24,30H,1,7,9-14H2,2-4H3/t17-,18+,19-,20-,21-,22-,24-,26-,27-,28+/m1/s1. The zero-order valence-electron chi connectivity index (χ0n) is 20.0. The van der Waals surface area contributed by atoms with Crippen LogP contribution in [0.3, 0.4) is 0 Å². The molecule has 0 aromatic carbocycles. The molecule has 2 saturated carbocycles. The number of carbonyl (C=O) groups is 2. The number of aliphatic hydroxyl groups excluding tert-OH is 1. The number of allylic oxidation sites excluding steroid dienone is 4. The highest BCUT2D eigenvalue weighted by Crippen LogP contribution is 2.67. The molecule has 2 heterocycles. The molecule has 178 valence electrons. The van der Waals surface area contributed by atoms with Crippen LogP contribution in [0.4, 0.5) is 0 Å². The minimum Gasteiger partial charge on any atom is -0.458 e. The first-order valence-electron chi connectivity index (χ1n) is 12.7. The Labute approximate surface area is 196 Å². The van der Waals surface area contributed by atoms with Crippen molar-refractivity contribution in [2.45, 2.75) is 77.1 Å². The molecule has 5 heteroatoms. The lowest BCUT2D eigenvalue weighted by Crippen LogP contribution is -2.61. The molecule has 0 amide bonds. The Hall–Kier alpha value is -1.72. The van der Waals surface area contributed by atoms with Crippen LogP contribution in [0.25, 0.3) is 0 Å². The molecule has 0 aromatic heterocycles. The zero-order valence-corrected chi connectivity index (χ0v) is 20.0. The fourth-order valence-electron chi connectivity index (χ4n) is 8.97. The summed E-state index contributed by atoms with van der Waals surface area (Å²) in [5, 5.41) is 11.7. The Bertz CT molecular complexity index is 994. The maximum atomic E-state index is 13.2. The van der Waals surface area contributed by atoms with Crippen LogP contribution in [0.2, 0.25) is 0 Å². The van der Waals surface area contributed by atoms with Gasteiger partial charge in [0.1, 0.15) is 17.5 Å². The molecule has 4 aliphatic carbocycles. The predicted molar refractivity (Wildman–Crippen MR) is 123 cm³/mol. The van der Waals surface area contributed by atoms with Crippen molar-refractivity contribution in [3.8, 4) is 0 Å². The molecule has 0 unspecified atom stereocenters. The maximum Gasteiger partial charge on any atom is 0.336 e. The second-order valence-electron chi connectivity index (χ2n) is 12.1. The van der Waals surface area contributed by atoms with Gasteiger partial charge in [-0.05, 0) is 74.2 Å². The molecule has 4 fully saturated rings. The smallest absolute Gasteiger partial charge is 0.336 e. The van der Waals surface area contributed by atoms with Crippen LogP contribution >= 0.6 is 0 Å². The first-order chi connectivity index (χ1) is 15.6. The molecule has 2 saturated heterocycles. The van der Waals surface area contributed by atoms with Crippen molar-refractivity contribution in [1.82, 2.24) is 0 Å². The van der Waals surface area contributed by atoms with E-state index in [9.17, 15) is 14.7 Å². The average Bonchev–Trinajstić information content (AvgIpc) is 3.13. The highest BCUT2D eigenvalue weighted by molar-refractivity contribution is 5.92. The van der Waals surface area contributed by atoms with Gasteiger partial charge < -0.3 is 14.6 Å². The summed E-state index contributed by atoms with van der Waals surface area (Å²) in [7, 11) is 0. The number of esters is 1. The minimum atomic E-state index is -0.639. The zero-order chi connectivity index (χ0) is 23.3. The van der Waals surface area contributed by atoms with Gasteiger partial charge in [0, 0.05) is 18.8 Å². The monoisotopic (exact) mass is 452 g/mol. The molecule has 2 bridgehead atoms. The van der Waals surface area contributed by atoms with Gasteiger partial charge in [-0.2, -0.15) is 0 Å². The number of ether oxygens (including phenoxy) is 2. The van der Waals surface area contributed by atoms with Crippen LogP contribution in [-0.4, -0.2) is 41.3 Å². The summed E-state index contributed by atoms with van der Waals surface area (Å²) < 4.78 is 12.1. The highest BCUT2D eigenvalue weighted by Gasteiger charge is 2.65. The van der Waals surface area contributed by atoms with Gasteiger partial charge in [-0.1, -0.05) is 31.7 Å². The Balaban J connectivity index is 1.33. The van der Waals surface area contributed by atoms with Gasteiger partial charge in [0.25, 0.3) is 0 Å². The molecule has 0 aromatic rings. The van der Waals surface area contributed by atoms with Crippen molar-refractivity contribution < 1.29 is 24.2 Å². The normalized spacial score (nSPS) is 53.0. The van der Waals surface area contributed by atoms with Gasteiger partial charge in [-0.15, -0.1) is 0 Å². The highest BCUT2D eigenvalue weighted by atomic mass is 16.6. The number of Topliss-reactive ketones (excluding diaryl/α,β-unsaturated/α-hetero) is 1. The number of carbonyl (C=O) groups excluding carboxylic acids is 2. The SMILES string of the molecule is C=C1C(=O)O[C@@H]2C[C@@]1(C)OC[C@H]2[C@H]1CC[C@@H]2[C@H]3CC=C4C=CCC(=O)[C@@]4(C)[C@@H]3C[C@@H](O)[C@@]21C. The Morgan fingerprint density at radius 2 is 1.82 bits per heavy atom. The lowest BCUT2D eigenvalue weighted by Gasteiger charge is -2.59. The van der Waals surface area contributed by atoms with E-state index in [0.717, 1.165) is 24.8 Å². The number of ketones is 1. The number of fused-ring (bicyclic) bond motifs is 7. The maximum absolute atomic E-state index is 13.2. The summed E-state index contributed by atoms with van der Waals surface area (Å²) in [5.41, 5.74) is 0.184. The van der Waals surface area contributed by atoms with Crippen LogP contribution in [0.5, 0.6) is 0 Å². The van der Waals surface area contributed by atoms with Crippen LogP contribution in [-0.2, 0) is 19.1 Å². The number of rotatable bonds is 1. The summed E-state index contributed by atoms with van der Waals surface area (Å²) in [6, 6.07) is 0. The van der Waals surface area contributed by atoms with E-state index in [-0.39, 0.29) is 35.2 Å². The molecule has 0 spiro atoms. The topological polar surface area (TPSA) is 72.8 Å². The van der Waals surface area contributed by atoms with Gasteiger partial charge in [-0.25, -0.2) is 4.79 Å². The average molecular weight is 453 g/mol. The third-order valence-corrected chi connectivity index (χ3v) is 11.1. The fourth-order valence-corrected chi connectivity index (χ4v) is 8.97. The van der Waals surface area contributed by atoms with E-state index in [2.05, 4.69) is 32.6 Å². The first kappa shape index (κ1) is 21.8. The van der Waals surface area contributed by atoms with Crippen LogP contribution in [0.15, 0.2) is 36.0 Å². The van der Waals surface area contributed by atoms with Gasteiger partial charge in [0.15, 0.2) is 0 Å². The fraction of sp³-hybridized carbons (Fsp3) is 0.714. The van der Waals surface area contributed by atoms with Crippen molar-refractivity contribution in [3.05, 3.63) is 36.0 Å². The van der Waals surface area contributed by atoms with Crippen molar-refractivity contribution in [2.24, 2.45) is 40.4 Å². The largest absolute Gasteiger partial charge is 0.458 e. The van der Waals surface area contributed by atoms with Crippen LogP contribution in [0, 0.1) is 40.4 Å². The molecule has 6 aliphatic rings. The lowest BCUT2D eigenvalue weighted by atomic mass is 9.46. The van der Waals surface area contributed by atoms with Crippen molar-refractivity contribution in [3.63, 3.8) is 0 Å². The van der Waals surface area contributed by atoms with Crippen molar-refractivity contribution >= 4 is 11.8 Å². The quantitative estimate of drug-likeness (QED) is 0.478. The van der Waals surface area contributed by atoms with Gasteiger partial charge >= 0.3 is 5.97 Å². The van der Waals surface area contributed by atoms with E-state index in [0.29, 0.717) is 49.1 Å². The number of hydrogen-bond donors (Lipinski definition) is 1. The molecule has 0 radical (unpaired) electrons. The molecule has 6 rings (SSSR count). The molecule has 5 nitrogen and oxygen atoms in total. The van der Waals surface area contributed by atoms with E-state index in [1.807, 2.05) is 13.0 Å². The summed E-state index contributed by atoms with van der Waals surface area (Å²) in [5.74, 6) is 1.20. The lowest BCUT2D eigenvalue weighted by molar-refractivity contribution is -0.208. The Morgan fingerprint density at radius 1 is 1.09 bits per heavy atom. The summed E-state index contributed by atoms with van der Waals surface area (Å²) in [4.78, 5) is 25.6. The molecule has 2 aliphatic heterocycles. The number of aliphatic hydroxyl groups is 1. The molecular weight excluding hydrogens is 416 g/mol. The van der Waals surface area contributed by atoms with Crippen LogP contribution < -0.4 is 0 Å². The van der Waals surface area contributed by atoms with Gasteiger partial charge in [0.2, 0.25) is 0 Å². The van der Waals surface area contributed by atoms with E-state index in [1.165, 1.54) is 0 Å².